The average Bonchev–Trinajstić information content (AvgIpc) is 3.29. The van der Waals surface area contributed by atoms with Gasteiger partial charge in [-0.3, -0.25) is 9.78 Å². The van der Waals surface area contributed by atoms with Crippen LogP contribution in [0.5, 0.6) is 0 Å². The lowest BCUT2D eigenvalue weighted by Gasteiger charge is -2.01. The van der Waals surface area contributed by atoms with Crippen molar-refractivity contribution in [2.45, 2.75) is 20.3 Å². The predicted octanol–water partition coefficient (Wildman–Crippen LogP) is 4.14. The Morgan fingerprint density at radius 2 is 1.92 bits per heavy atom. The first-order valence-corrected chi connectivity index (χ1v) is 8.97. The Balaban J connectivity index is 1.52. The standard InChI is InChI=1S/C19H19N5S/c1-12-19(25-13(2)21-12)18-9-17(22-23-18)8-14-4-6-15(7-5-14)16-10-20-24(3)11-16/h4-7,9-11H,8H2,1-3H3,(H,22,23). The maximum atomic E-state index is 4.48. The number of nitrogens with zero attached hydrogens (tertiary/aromatic N) is 4. The molecule has 0 saturated carbocycles. The summed E-state index contributed by atoms with van der Waals surface area (Å²) in [5, 5.41) is 12.9. The highest BCUT2D eigenvalue weighted by Gasteiger charge is 2.11. The van der Waals surface area contributed by atoms with E-state index in [0.717, 1.165) is 39.0 Å². The van der Waals surface area contributed by atoms with Crippen LogP contribution in [-0.2, 0) is 13.5 Å². The molecule has 5 nitrogen and oxygen atoms in total. The molecule has 0 saturated heterocycles. The Hall–Kier alpha value is -2.73. The number of H-pyrrole nitrogens is 1. The lowest BCUT2D eigenvalue weighted by Crippen LogP contribution is -1.88. The van der Waals surface area contributed by atoms with Gasteiger partial charge in [0.2, 0.25) is 0 Å². The first-order valence-electron chi connectivity index (χ1n) is 8.15. The monoisotopic (exact) mass is 349 g/mol. The van der Waals surface area contributed by atoms with Crippen LogP contribution in [0.4, 0.5) is 0 Å². The molecule has 0 radical (unpaired) electrons. The molecular formula is C19H19N5S. The molecule has 0 aliphatic rings. The van der Waals surface area contributed by atoms with E-state index in [0.29, 0.717) is 0 Å². The molecule has 1 aromatic carbocycles. The molecule has 25 heavy (non-hydrogen) atoms. The van der Waals surface area contributed by atoms with E-state index >= 15 is 0 Å². The third kappa shape index (κ3) is 3.25. The van der Waals surface area contributed by atoms with Gasteiger partial charge in [-0.15, -0.1) is 11.3 Å². The van der Waals surface area contributed by atoms with E-state index in [1.165, 1.54) is 11.1 Å². The molecule has 3 aromatic heterocycles. The van der Waals surface area contributed by atoms with Gasteiger partial charge in [-0.2, -0.15) is 10.2 Å². The largest absolute Gasteiger partial charge is 0.282 e. The summed E-state index contributed by atoms with van der Waals surface area (Å²) in [6, 6.07) is 10.7. The number of rotatable bonds is 4. The van der Waals surface area contributed by atoms with Crippen LogP contribution < -0.4 is 0 Å². The number of aromatic amines is 1. The van der Waals surface area contributed by atoms with Gasteiger partial charge in [-0.1, -0.05) is 24.3 Å². The lowest BCUT2D eigenvalue weighted by atomic mass is 10.0. The molecule has 3 heterocycles. The number of hydrogen-bond acceptors (Lipinski definition) is 4. The first-order chi connectivity index (χ1) is 12.1. The number of nitrogens with one attached hydrogen (secondary N) is 1. The summed E-state index contributed by atoms with van der Waals surface area (Å²) in [4.78, 5) is 5.62. The van der Waals surface area contributed by atoms with E-state index in [-0.39, 0.29) is 0 Å². The van der Waals surface area contributed by atoms with Gasteiger partial charge in [0.05, 0.1) is 21.8 Å². The molecule has 0 fully saturated rings. The third-order valence-corrected chi connectivity index (χ3v) is 5.25. The minimum Gasteiger partial charge on any atom is -0.282 e. The zero-order valence-corrected chi connectivity index (χ0v) is 15.3. The average molecular weight is 349 g/mol. The molecule has 0 bridgehead atoms. The van der Waals surface area contributed by atoms with Crippen molar-refractivity contribution in [3.05, 3.63) is 64.7 Å². The normalized spacial score (nSPS) is 11.2. The van der Waals surface area contributed by atoms with E-state index < -0.39 is 0 Å². The fraction of sp³-hybridized carbons (Fsp3) is 0.211. The first kappa shape index (κ1) is 15.8. The summed E-state index contributed by atoms with van der Waals surface area (Å²) in [6.45, 7) is 4.06. The summed E-state index contributed by atoms with van der Waals surface area (Å²) in [5.41, 5.74) is 6.69. The van der Waals surface area contributed by atoms with Crippen molar-refractivity contribution in [2.75, 3.05) is 0 Å². The molecule has 6 heteroatoms. The van der Waals surface area contributed by atoms with Gasteiger partial charge in [0.25, 0.3) is 0 Å². The lowest BCUT2D eigenvalue weighted by molar-refractivity contribution is 0.768. The zero-order valence-electron chi connectivity index (χ0n) is 14.4. The van der Waals surface area contributed by atoms with Crippen LogP contribution in [0.1, 0.15) is 22.0 Å². The highest BCUT2D eigenvalue weighted by Crippen LogP contribution is 2.29. The van der Waals surface area contributed by atoms with Crippen molar-refractivity contribution in [1.82, 2.24) is 25.0 Å². The predicted molar refractivity (Wildman–Crippen MR) is 101 cm³/mol. The number of thiazole rings is 1. The summed E-state index contributed by atoms with van der Waals surface area (Å²) >= 11 is 1.69. The minimum atomic E-state index is 0.831. The van der Waals surface area contributed by atoms with Gasteiger partial charge in [0.15, 0.2) is 0 Å². The van der Waals surface area contributed by atoms with E-state index in [1.807, 2.05) is 38.0 Å². The van der Waals surface area contributed by atoms with Crippen molar-refractivity contribution in [3.8, 4) is 21.7 Å². The Bertz CT molecular complexity index is 1010. The van der Waals surface area contributed by atoms with Crippen LogP contribution in [-0.4, -0.2) is 25.0 Å². The van der Waals surface area contributed by atoms with Crippen LogP contribution >= 0.6 is 11.3 Å². The number of hydrogen-bond donors (Lipinski definition) is 1. The molecule has 0 atom stereocenters. The Morgan fingerprint density at radius 1 is 1.12 bits per heavy atom. The van der Waals surface area contributed by atoms with E-state index in [2.05, 4.69) is 50.6 Å². The smallest absolute Gasteiger partial charge is 0.104 e. The van der Waals surface area contributed by atoms with Crippen LogP contribution in [0.15, 0.2) is 42.7 Å². The second-order valence-electron chi connectivity index (χ2n) is 6.20. The van der Waals surface area contributed by atoms with Gasteiger partial charge >= 0.3 is 0 Å². The highest BCUT2D eigenvalue weighted by molar-refractivity contribution is 7.15. The van der Waals surface area contributed by atoms with E-state index in [1.54, 1.807) is 11.3 Å². The summed E-state index contributed by atoms with van der Waals surface area (Å²) in [6.07, 6.45) is 4.74. The maximum absolute atomic E-state index is 4.48. The van der Waals surface area contributed by atoms with Gasteiger partial charge in [-0.25, -0.2) is 4.98 Å². The van der Waals surface area contributed by atoms with Gasteiger partial charge < -0.3 is 0 Å². The topological polar surface area (TPSA) is 59.4 Å². The van der Waals surface area contributed by atoms with Crippen molar-refractivity contribution in [3.63, 3.8) is 0 Å². The van der Waals surface area contributed by atoms with E-state index in [9.17, 15) is 0 Å². The van der Waals surface area contributed by atoms with Crippen LogP contribution in [0.2, 0.25) is 0 Å². The fourth-order valence-electron chi connectivity index (χ4n) is 2.94. The molecule has 126 valence electrons. The van der Waals surface area contributed by atoms with Gasteiger partial charge in [0, 0.05) is 30.9 Å². The van der Waals surface area contributed by atoms with Crippen molar-refractivity contribution in [1.29, 1.82) is 0 Å². The molecule has 0 amide bonds. The third-order valence-electron chi connectivity index (χ3n) is 4.15. The molecule has 0 aliphatic heterocycles. The number of aryl methyl sites for hydroxylation is 3. The summed E-state index contributed by atoms with van der Waals surface area (Å²) in [7, 11) is 1.93. The second kappa shape index (κ2) is 6.29. The zero-order chi connectivity index (χ0) is 17.4. The van der Waals surface area contributed by atoms with Crippen molar-refractivity contribution < 1.29 is 0 Å². The maximum Gasteiger partial charge on any atom is 0.104 e. The Morgan fingerprint density at radius 3 is 2.56 bits per heavy atom. The molecule has 1 N–H and O–H groups in total. The summed E-state index contributed by atoms with van der Waals surface area (Å²) in [5.74, 6) is 0. The molecule has 0 aliphatic carbocycles. The SMILES string of the molecule is Cc1nc(C)c(-c2cc(Cc3ccc(-c4cnn(C)c4)cc3)[nH]n2)s1. The van der Waals surface area contributed by atoms with Crippen LogP contribution in [0.25, 0.3) is 21.7 Å². The molecule has 0 spiro atoms. The minimum absolute atomic E-state index is 0.831. The van der Waals surface area contributed by atoms with Gasteiger partial charge in [0.1, 0.15) is 5.69 Å². The fourth-order valence-corrected chi connectivity index (χ4v) is 3.82. The molecule has 4 aromatic rings. The van der Waals surface area contributed by atoms with Crippen LogP contribution in [0.3, 0.4) is 0 Å². The number of benzene rings is 1. The molecule has 0 unspecified atom stereocenters. The Labute approximate surface area is 150 Å². The van der Waals surface area contributed by atoms with Gasteiger partial charge in [-0.05, 0) is 31.0 Å². The van der Waals surface area contributed by atoms with Crippen molar-refractivity contribution in [2.24, 2.45) is 7.05 Å². The quantitative estimate of drug-likeness (QED) is 0.602. The van der Waals surface area contributed by atoms with Crippen molar-refractivity contribution >= 4 is 11.3 Å². The number of aromatic nitrogens is 5. The second-order valence-corrected chi connectivity index (χ2v) is 7.41. The molecular weight excluding hydrogens is 330 g/mol. The Kier molecular flexibility index (Phi) is 3.97. The van der Waals surface area contributed by atoms with Crippen LogP contribution in [0, 0.1) is 13.8 Å². The highest BCUT2D eigenvalue weighted by atomic mass is 32.1. The summed E-state index contributed by atoms with van der Waals surface area (Å²) < 4.78 is 1.82. The molecule has 4 rings (SSSR count). The van der Waals surface area contributed by atoms with E-state index in [4.69, 9.17) is 0 Å².